The van der Waals surface area contributed by atoms with E-state index < -0.39 is 6.10 Å². The zero-order valence-corrected chi connectivity index (χ0v) is 9.89. The van der Waals surface area contributed by atoms with Gasteiger partial charge < -0.3 is 14.5 Å². The zero-order chi connectivity index (χ0) is 11.5. The molecule has 1 aromatic rings. The molecule has 0 amide bonds. The Hall–Kier alpha value is -0.940. The van der Waals surface area contributed by atoms with Gasteiger partial charge in [0.25, 0.3) is 0 Å². The quantitative estimate of drug-likeness (QED) is 0.821. The van der Waals surface area contributed by atoms with E-state index in [-0.39, 0.29) is 0 Å². The van der Waals surface area contributed by atoms with Crippen molar-refractivity contribution in [1.82, 2.24) is 15.0 Å². The zero-order valence-electron chi connectivity index (χ0n) is 9.89. The average molecular weight is 225 g/mol. The molecule has 2 atom stereocenters. The van der Waals surface area contributed by atoms with Gasteiger partial charge in [0.15, 0.2) is 5.82 Å². The van der Waals surface area contributed by atoms with Crippen LogP contribution in [0.1, 0.15) is 37.9 Å². The Kier molecular flexibility index (Phi) is 3.56. The van der Waals surface area contributed by atoms with Crippen LogP contribution in [0.3, 0.4) is 0 Å². The summed E-state index contributed by atoms with van der Waals surface area (Å²) in [4.78, 5) is 6.71. The Labute approximate surface area is 95.4 Å². The molecule has 5 nitrogen and oxygen atoms in total. The van der Waals surface area contributed by atoms with E-state index in [1.807, 2.05) is 0 Å². The third-order valence-electron chi connectivity index (χ3n) is 3.03. The number of hydrogen-bond donors (Lipinski definition) is 1. The summed E-state index contributed by atoms with van der Waals surface area (Å²) in [6, 6.07) is 0. The minimum absolute atomic E-state index is 0.371. The fourth-order valence-electron chi connectivity index (χ4n) is 2.10. The molecule has 16 heavy (non-hydrogen) atoms. The van der Waals surface area contributed by atoms with Crippen LogP contribution in [0, 0.1) is 0 Å². The third-order valence-corrected chi connectivity index (χ3v) is 3.03. The second kappa shape index (κ2) is 4.93. The highest BCUT2D eigenvalue weighted by Gasteiger charge is 2.27. The van der Waals surface area contributed by atoms with E-state index in [0.29, 0.717) is 18.2 Å². The predicted octanol–water partition coefficient (Wildman–Crippen LogP) is 0.802. The van der Waals surface area contributed by atoms with Crippen LogP contribution in [0.25, 0.3) is 0 Å². The number of likely N-dealkylation sites (N-methyl/N-ethyl adjacent to an activating group) is 1. The molecule has 1 N–H and O–H groups in total. The summed E-state index contributed by atoms with van der Waals surface area (Å²) in [5, 5.41) is 13.1. The maximum Gasteiger partial charge on any atom is 0.231 e. The number of hydrogen-bond acceptors (Lipinski definition) is 5. The summed E-state index contributed by atoms with van der Waals surface area (Å²) in [5.41, 5.74) is 0. The molecular formula is C11H19N3O2. The molecule has 2 unspecified atom stereocenters. The van der Waals surface area contributed by atoms with Gasteiger partial charge in [-0.15, -0.1) is 0 Å². The topological polar surface area (TPSA) is 62.4 Å². The van der Waals surface area contributed by atoms with Crippen LogP contribution in [0.5, 0.6) is 0 Å². The molecule has 0 radical (unpaired) electrons. The van der Waals surface area contributed by atoms with Crippen LogP contribution in [0.15, 0.2) is 4.52 Å². The van der Waals surface area contributed by atoms with Crippen molar-refractivity contribution < 1.29 is 9.63 Å². The first-order chi connectivity index (χ1) is 7.69. The van der Waals surface area contributed by atoms with Crippen molar-refractivity contribution in [3.8, 4) is 0 Å². The van der Waals surface area contributed by atoms with Gasteiger partial charge in [0.05, 0.1) is 12.0 Å². The van der Waals surface area contributed by atoms with Gasteiger partial charge in [-0.3, -0.25) is 0 Å². The van der Waals surface area contributed by atoms with Crippen molar-refractivity contribution >= 4 is 0 Å². The molecule has 0 bridgehead atoms. The number of aliphatic hydroxyl groups excluding tert-OH is 1. The van der Waals surface area contributed by atoms with Gasteiger partial charge in [0.2, 0.25) is 5.89 Å². The highest BCUT2D eigenvalue weighted by molar-refractivity contribution is 4.99. The number of likely N-dealkylation sites (tertiary alicyclic amines) is 1. The minimum Gasteiger partial charge on any atom is -0.393 e. The number of rotatable bonds is 4. The fraction of sp³-hybridized carbons (Fsp3) is 0.818. The summed E-state index contributed by atoms with van der Waals surface area (Å²) >= 11 is 0. The molecule has 0 aliphatic carbocycles. The van der Waals surface area contributed by atoms with Crippen molar-refractivity contribution in [1.29, 1.82) is 0 Å². The number of aromatic nitrogens is 2. The van der Waals surface area contributed by atoms with Gasteiger partial charge >= 0.3 is 0 Å². The summed E-state index contributed by atoms with van der Waals surface area (Å²) in [6.07, 6.45) is 1.14. The van der Waals surface area contributed by atoms with Crippen LogP contribution in [-0.4, -0.2) is 45.9 Å². The van der Waals surface area contributed by atoms with E-state index in [4.69, 9.17) is 4.52 Å². The first-order valence-corrected chi connectivity index (χ1v) is 5.92. The maximum atomic E-state index is 9.23. The molecule has 1 aliphatic rings. The van der Waals surface area contributed by atoms with E-state index >= 15 is 0 Å². The third kappa shape index (κ3) is 2.59. The molecule has 1 aliphatic heterocycles. The molecule has 5 heteroatoms. The van der Waals surface area contributed by atoms with Crippen molar-refractivity contribution in [2.45, 2.75) is 38.7 Å². The van der Waals surface area contributed by atoms with Crippen LogP contribution >= 0.6 is 0 Å². The molecule has 2 heterocycles. The Bertz CT molecular complexity index is 338. The predicted molar refractivity (Wildman–Crippen MR) is 59.2 cm³/mol. The molecule has 0 saturated carbocycles. The van der Waals surface area contributed by atoms with E-state index in [2.05, 4.69) is 22.0 Å². The lowest BCUT2D eigenvalue weighted by Crippen LogP contribution is -2.19. The lowest BCUT2D eigenvalue weighted by molar-refractivity contribution is 0.191. The number of nitrogens with zero attached hydrogens (tertiary/aromatic N) is 3. The van der Waals surface area contributed by atoms with E-state index in [9.17, 15) is 5.11 Å². The van der Waals surface area contributed by atoms with Crippen LogP contribution in [0.2, 0.25) is 0 Å². The standard InChI is InChI=1S/C11H19N3O2/c1-3-14-5-4-9(7-14)11-12-10(13-16-11)6-8(2)15/h8-9,15H,3-7H2,1-2H3. The Balaban J connectivity index is 1.97. The normalized spacial score (nSPS) is 23.8. The van der Waals surface area contributed by atoms with Gasteiger partial charge in [-0.1, -0.05) is 12.1 Å². The largest absolute Gasteiger partial charge is 0.393 e. The fourth-order valence-corrected chi connectivity index (χ4v) is 2.10. The maximum absolute atomic E-state index is 9.23. The van der Waals surface area contributed by atoms with E-state index in [0.717, 1.165) is 31.9 Å². The molecule has 1 fully saturated rings. The average Bonchev–Trinajstić information content (AvgIpc) is 2.83. The summed E-state index contributed by atoms with van der Waals surface area (Å²) in [5.74, 6) is 1.71. The Morgan fingerprint density at radius 2 is 2.44 bits per heavy atom. The van der Waals surface area contributed by atoms with Crippen molar-refractivity contribution in [3.05, 3.63) is 11.7 Å². The molecule has 2 rings (SSSR count). The van der Waals surface area contributed by atoms with E-state index in [1.54, 1.807) is 6.92 Å². The Morgan fingerprint density at radius 3 is 3.06 bits per heavy atom. The van der Waals surface area contributed by atoms with Crippen molar-refractivity contribution in [2.75, 3.05) is 19.6 Å². The van der Waals surface area contributed by atoms with Crippen LogP contribution in [-0.2, 0) is 6.42 Å². The van der Waals surface area contributed by atoms with Crippen molar-refractivity contribution in [2.24, 2.45) is 0 Å². The monoisotopic (exact) mass is 225 g/mol. The van der Waals surface area contributed by atoms with Crippen LogP contribution in [0.4, 0.5) is 0 Å². The van der Waals surface area contributed by atoms with Gasteiger partial charge in [-0.2, -0.15) is 4.98 Å². The van der Waals surface area contributed by atoms with Gasteiger partial charge in [0.1, 0.15) is 0 Å². The Morgan fingerprint density at radius 1 is 1.62 bits per heavy atom. The molecule has 90 valence electrons. The van der Waals surface area contributed by atoms with Gasteiger partial charge in [-0.25, -0.2) is 0 Å². The highest BCUT2D eigenvalue weighted by atomic mass is 16.5. The molecule has 0 spiro atoms. The summed E-state index contributed by atoms with van der Waals surface area (Å²) in [6.45, 7) is 7.08. The molecule has 1 saturated heterocycles. The first kappa shape index (κ1) is 11.5. The van der Waals surface area contributed by atoms with E-state index in [1.165, 1.54) is 0 Å². The van der Waals surface area contributed by atoms with Gasteiger partial charge in [0, 0.05) is 13.0 Å². The smallest absolute Gasteiger partial charge is 0.231 e. The van der Waals surface area contributed by atoms with Crippen LogP contribution < -0.4 is 0 Å². The second-order valence-electron chi connectivity index (χ2n) is 4.48. The second-order valence-corrected chi connectivity index (χ2v) is 4.48. The lowest BCUT2D eigenvalue weighted by atomic mass is 10.1. The van der Waals surface area contributed by atoms with Gasteiger partial charge in [-0.05, 0) is 26.4 Å². The minimum atomic E-state index is -0.416. The molecular weight excluding hydrogens is 206 g/mol. The highest BCUT2D eigenvalue weighted by Crippen LogP contribution is 2.25. The summed E-state index contributed by atoms with van der Waals surface area (Å²) < 4.78 is 5.24. The summed E-state index contributed by atoms with van der Waals surface area (Å²) in [7, 11) is 0. The molecule has 1 aromatic heterocycles. The van der Waals surface area contributed by atoms with Crippen molar-refractivity contribution in [3.63, 3.8) is 0 Å². The first-order valence-electron chi connectivity index (χ1n) is 5.92. The molecule has 0 aromatic carbocycles. The SMILES string of the molecule is CCN1CCC(c2nc(CC(C)O)no2)C1. The lowest BCUT2D eigenvalue weighted by Gasteiger charge is -2.10. The number of aliphatic hydroxyl groups is 1.